The van der Waals surface area contributed by atoms with Crippen LogP contribution in [0.4, 0.5) is 0 Å². The molecular formula is C26H33N5O2. The van der Waals surface area contributed by atoms with Crippen LogP contribution in [0, 0.1) is 0 Å². The summed E-state index contributed by atoms with van der Waals surface area (Å²) < 4.78 is 0. The second kappa shape index (κ2) is 11.1. The minimum Gasteiger partial charge on any atom is -0.356 e. The van der Waals surface area contributed by atoms with E-state index >= 15 is 0 Å². The molecule has 1 saturated heterocycles. The van der Waals surface area contributed by atoms with Crippen LogP contribution in [0.5, 0.6) is 0 Å². The van der Waals surface area contributed by atoms with Gasteiger partial charge < -0.3 is 10.6 Å². The van der Waals surface area contributed by atoms with Crippen molar-refractivity contribution in [1.82, 2.24) is 20.4 Å². The minimum atomic E-state index is -0.185. The summed E-state index contributed by atoms with van der Waals surface area (Å²) in [6, 6.07) is 18.0. The highest BCUT2D eigenvalue weighted by molar-refractivity contribution is 6.21. The lowest BCUT2D eigenvalue weighted by Gasteiger charge is -2.29. The van der Waals surface area contributed by atoms with E-state index in [1.54, 1.807) is 31.3 Å². The Bertz CT molecular complexity index is 950. The smallest absolute Gasteiger partial charge is 0.261 e. The fraction of sp³-hybridized carbons (Fsp3) is 0.423. The number of rotatable bonds is 9. The average molecular weight is 448 g/mol. The lowest BCUT2D eigenvalue weighted by atomic mass is 10.1. The lowest BCUT2D eigenvalue weighted by molar-refractivity contribution is 0.0652. The highest BCUT2D eigenvalue weighted by Crippen LogP contribution is 2.24. The third-order valence-electron chi connectivity index (χ3n) is 6.43. The molecule has 0 aliphatic carbocycles. The molecule has 33 heavy (non-hydrogen) atoms. The first kappa shape index (κ1) is 23.0. The molecule has 174 valence electrons. The molecular weight excluding hydrogens is 414 g/mol. The summed E-state index contributed by atoms with van der Waals surface area (Å²) in [4.78, 5) is 33.2. The SMILES string of the molecule is CN=C(NCCCCN1C(=O)c2ccccc2C1=O)NCC(c1ccccc1)N1CCCC1. The molecule has 2 heterocycles. The van der Waals surface area contributed by atoms with Crippen LogP contribution in [-0.4, -0.2) is 67.3 Å². The van der Waals surface area contributed by atoms with E-state index < -0.39 is 0 Å². The van der Waals surface area contributed by atoms with Gasteiger partial charge in [0.2, 0.25) is 0 Å². The van der Waals surface area contributed by atoms with Gasteiger partial charge in [0.05, 0.1) is 17.2 Å². The number of nitrogens with one attached hydrogen (secondary N) is 2. The second-order valence-electron chi connectivity index (χ2n) is 8.56. The number of carbonyl (C=O) groups excluding carboxylic acids is 2. The summed E-state index contributed by atoms with van der Waals surface area (Å²) in [7, 11) is 1.78. The van der Waals surface area contributed by atoms with Gasteiger partial charge in [-0.15, -0.1) is 0 Å². The third-order valence-corrected chi connectivity index (χ3v) is 6.43. The van der Waals surface area contributed by atoms with Crippen LogP contribution >= 0.6 is 0 Å². The van der Waals surface area contributed by atoms with Crippen LogP contribution in [0.25, 0.3) is 0 Å². The van der Waals surface area contributed by atoms with Gasteiger partial charge in [0, 0.05) is 26.7 Å². The van der Waals surface area contributed by atoms with Crippen LogP contribution < -0.4 is 10.6 Å². The maximum absolute atomic E-state index is 12.5. The Kier molecular flexibility index (Phi) is 7.73. The summed E-state index contributed by atoms with van der Waals surface area (Å²) >= 11 is 0. The number of guanidine groups is 1. The predicted octanol–water partition coefficient (Wildman–Crippen LogP) is 3.06. The molecule has 1 unspecified atom stereocenters. The Labute approximate surface area is 195 Å². The minimum absolute atomic E-state index is 0.185. The van der Waals surface area contributed by atoms with Gasteiger partial charge in [0.25, 0.3) is 11.8 Å². The van der Waals surface area contributed by atoms with Crippen molar-refractivity contribution in [2.24, 2.45) is 4.99 Å². The number of hydrogen-bond donors (Lipinski definition) is 2. The van der Waals surface area contributed by atoms with E-state index in [-0.39, 0.29) is 11.8 Å². The van der Waals surface area contributed by atoms with Crippen molar-refractivity contribution in [2.75, 3.05) is 39.8 Å². The number of unbranched alkanes of at least 4 members (excludes halogenated alkanes) is 1. The zero-order chi connectivity index (χ0) is 23.0. The number of fused-ring (bicyclic) bond motifs is 1. The van der Waals surface area contributed by atoms with Gasteiger partial charge in [0.15, 0.2) is 5.96 Å². The molecule has 2 N–H and O–H groups in total. The number of benzene rings is 2. The van der Waals surface area contributed by atoms with E-state index in [0.717, 1.165) is 45.0 Å². The fourth-order valence-corrected chi connectivity index (χ4v) is 4.64. The topological polar surface area (TPSA) is 77.0 Å². The first-order chi connectivity index (χ1) is 16.2. The van der Waals surface area contributed by atoms with Gasteiger partial charge in [-0.05, 0) is 56.5 Å². The zero-order valence-corrected chi connectivity index (χ0v) is 19.3. The van der Waals surface area contributed by atoms with Crippen molar-refractivity contribution >= 4 is 17.8 Å². The molecule has 7 nitrogen and oxygen atoms in total. The number of amides is 2. The van der Waals surface area contributed by atoms with Crippen molar-refractivity contribution in [2.45, 2.75) is 31.7 Å². The molecule has 2 aliphatic rings. The Hall–Kier alpha value is -3.19. The van der Waals surface area contributed by atoms with Crippen LogP contribution in [0.2, 0.25) is 0 Å². The van der Waals surface area contributed by atoms with Gasteiger partial charge in [0.1, 0.15) is 0 Å². The summed E-state index contributed by atoms with van der Waals surface area (Å²) in [6.45, 7) is 4.21. The fourth-order valence-electron chi connectivity index (χ4n) is 4.64. The largest absolute Gasteiger partial charge is 0.356 e. The average Bonchev–Trinajstić information content (AvgIpc) is 3.47. The molecule has 7 heteroatoms. The van der Waals surface area contributed by atoms with Gasteiger partial charge in [-0.2, -0.15) is 0 Å². The molecule has 1 fully saturated rings. The number of nitrogens with zero attached hydrogens (tertiary/aromatic N) is 3. The zero-order valence-electron chi connectivity index (χ0n) is 19.3. The summed E-state index contributed by atoms with van der Waals surface area (Å²) in [6.07, 6.45) is 4.09. The Morgan fingerprint density at radius 1 is 0.909 bits per heavy atom. The van der Waals surface area contributed by atoms with E-state index in [2.05, 4.69) is 50.9 Å². The van der Waals surface area contributed by atoms with Crippen LogP contribution in [-0.2, 0) is 0 Å². The number of likely N-dealkylation sites (tertiary alicyclic amines) is 1. The van der Waals surface area contributed by atoms with Gasteiger partial charge in [-0.3, -0.25) is 24.4 Å². The summed E-state index contributed by atoms with van der Waals surface area (Å²) in [5.41, 5.74) is 2.34. The molecule has 2 aromatic rings. The molecule has 4 rings (SSSR count). The number of hydrogen-bond acceptors (Lipinski definition) is 4. The highest BCUT2D eigenvalue weighted by Gasteiger charge is 2.34. The second-order valence-corrected chi connectivity index (χ2v) is 8.56. The molecule has 0 radical (unpaired) electrons. The molecule has 2 aliphatic heterocycles. The van der Waals surface area contributed by atoms with E-state index in [4.69, 9.17) is 0 Å². The highest BCUT2D eigenvalue weighted by atomic mass is 16.2. The molecule has 1 atom stereocenters. The maximum Gasteiger partial charge on any atom is 0.261 e. The van der Waals surface area contributed by atoms with Crippen molar-refractivity contribution in [3.05, 3.63) is 71.3 Å². The number of carbonyl (C=O) groups is 2. The standard InChI is InChI=1S/C26H33N5O2/c1-27-26(29-19-23(30-16-9-10-17-30)20-11-3-2-4-12-20)28-15-7-8-18-31-24(32)21-13-5-6-14-22(21)25(31)33/h2-6,11-14,23H,7-10,15-19H2,1H3,(H2,27,28,29). The normalized spacial score (nSPS) is 17.4. The molecule has 0 bridgehead atoms. The van der Waals surface area contributed by atoms with Crippen molar-refractivity contribution in [3.8, 4) is 0 Å². The number of imide groups is 1. The first-order valence-corrected chi connectivity index (χ1v) is 11.9. The Balaban J connectivity index is 1.21. The van der Waals surface area contributed by atoms with Crippen molar-refractivity contribution in [1.29, 1.82) is 0 Å². The summed E-state index contributed by atoms with van der Waals surface area (Å²) in [5.74, 6) is 0.403. The summed E-state index contributed by atoms with van der Waals surface area (Å²) in [5, 5.41) is 6.85. The molecule has 0 saturated carbocycles. The van der Waals surface area contributed by atoms with E-state index in [9.17, 15) is 9.59 Å². The van der Waals surface area contributed by atoms with Gasteiger partial charge >= 0.3 is 0 Å². The first-order valence-electron chi connectivity index (χ1n) is 11.9. The predicted molar refractivity (Wildman–Crippen MR) is 130 cm³/mol. The Morgan fingerprint density at radius 2 is 1.55 bits per heavy atom. The maximum atomic E-state index is 12.5. The Morgan fingerprint density at radius 3 is 2.18 bits per heavy atom. The van der Waals surface area contributed by atoms with Crippen LogP contribution in [0.15, 0.2) is 59.6 Å². The van der Waals surface area contributed by atoms with E-state index in [1.807, 2.05) is 0 Å². The van der Waals surface area contributed by atoms with Gasteiger partial charge in [-0.1, -0.05) is 42.5 Å². The quantitative estimate of drug-likeness (QED) is 0.267. The molecule has 0 spiro atoms. The van der Waals surface area contributed by atoms with E-state index in [1.165, 1.54) is 23.3 Å². The molecule has 0 aromatic heterocycles. The number of aliphatic imine (C=N–C) groups is 1. The van der Waals surface area contributed by atoms with E-state index in [0.29, 0.717) is 23.7 Å². The van der Waals surface area contributed by atoms with Gasteiger partial charge in [-0.25, -0.2) is 0 Å². The molecule has 2 amide bonds. The third kappa shape index (κ3) is 5.42. The van der Waals surface area contributed by atoms with Crippen molar-refractivity contribution < 1.29 is 9.59 Å². The lowest BCUT2D eigenvalue weighted by Crippen LogP contribution is -2.43. The molecule has 2 aromatic carbocycles. The monoisotopic (exact) mass is 447 g/mol. The van der Waals surface area contributed by atoms with Crippen molar-refractivity contribution in [3.63, 3.8) is 0 Å². The van der Waals surface area contributed by atoms with Crippen LogP contribution in [0.3, 0.4) is 0 Å². The van der Waals surface area contributed by atoms with Crippen LogP contribution in [0.1, 0.15) is 58.0 Å².